The van der Waals surface area contributed by atoms with Crippen LogP contribution in [0.15, 0.2) is 93.7 Å². The summed E-state index contributed by atoms with van der Waals surface area (Å²) in [6.07, 6.45) is 64.4. The van der Waals surface area contributed by atoms with Crippen molar-refractivity contribution in [3.05, 3.63) is 93.7 Å². The smallest absolute Gasteiger partial charge is 0.155 e. The molecule has 7 aliphatic rings. The minimum atomic E-state index is -0.167. The van der Waals surface area contributed by atoms with E-state index in [0.717, 1.165) is 109 Å². The maximum Gasteiger partial charge on any atom is 0.155 e. The van der Waals surface area contributed by atoms with Gasteiger partial charge in [0.2, 0.25) is 0 Å². The van der Waals surface area contributed by atoms with E-state index in [-0.39, 0.29) is 6.10 Å². The first-order chi connectivity index (χ1) is 45.2. The van der Waals surface area contributed by atoms with Crippen LogP contribution in [0.1, 0.15) is 368 Å². The zero-order chi connectivity index (χ0) is 70.9. The lowest BCUT2D eigenvalue weighted by Gasteiger charge is -2.24. The Kier molecular flexibility index (Phi) is 51.3. The highest BCUT2D eigenvalue weighted by atomic mass is 16.3. The van der Waals surface area contributed by atoms with E-state index in [1.165, 1.54) is 193 Å². The second kappa shape index (κ2) is 54.8. The Labute approximate surface area is 586 Å². The molecule has 542 valence electrons. The summed E-state index contributed by atoms with van der Waals surface area (Å²) < 4.78 is 0. The minimum Gasteiger partial charge on any atom is -0.389 e. The van der Waals surface area contributed by atoms with Crippen molar-refractivity contribution in [2.75, 3.05) is 0 Å². The van der Waals surface area contributed by atoms with Gasteiger partial charge in [0.1, 0.15) is 0 Å². The molecule has 0 heterocycles. The van der Waals surface area contributed by atoms with Crippen LogP contribution in [-0.2, 0) is 28.8 Å². The zero-order valence-corrected chi connectivity index (χ0v) is 64.7. The van der Waals surface area contributed by atoms with Gasteiger partial charge < -0.3 is 5.11 Å². The maximum atomic E-state index is 11.3. The van der Waals surface area contributed by atoms with E-state index in [9.17, 15) is 33.9 Å². The quantitative estimate of drug-likeness (QED) is 0.0584. The van der Waals surface area contributed by atoms with Crippen LogP contribution in [0.2, 0.25) is 0 Å². The molecule has 0 radical (unpaired) electrons. The number of hydrogen-bond donors (Lipinski definition) is 1. The average Bonchev–Trinajstić information content (AvgIpc) is 1.86. The predicted octanol–water partition coefficient (Wildman–Crippen LogP) is 25.3. The molecule has 8 unspecified atom stereocenters. The lowest BCUT2D eigenvalue weighted by molar-refractivity contribution is -0.116. The van der Waals surface area contributed by atoms with E-state index in [0.29, 0.717) is 82.0 Å². The van der Waals surface area contributed by atoms with E-state index in [2.05, 4.69) is 123 Å². The van der Waals surface area contributed by atoms with Crippen molar-refractivity contribution in [2.24, 2.45) is 53.3 Å². The molecule has 7 nitrogen and oxygen atoms in total. The van der Waals surface area contributed by atoms with Crippen LogP contribution in [0.3, 0.4) is 0 Å². The predicted molar refractivity (Wildman–Crippen MR) is 409 cm³/mol. The fraction of sp³-hybridized carbons (Fsp3) is 0.750. The van der Waals surface area contributed by atoms with Gasteiger partial charge in [0, 0.05) is 38.5 Å². The van der Waals surface area contributed by atoms with Gasteiger partial charge in [-0.25, -0.2) is 0 Å². The van der Waals surface area contributed by atoms with Gasteiger partial charge in [0.05, 0.1) is 6.10 Å². The topological polar surface area (TPSA) is 123 Å². The van der Waals surface area contributed by atoms with Gasteiger partial charge in [-0.1, -0.05) is 235 Å². The first-order valence-electron chi connectivity index (χ1n) is 39.5. The van der Waals surface area contributed by atoms with Gasteiger partial charge in [-0.2, -0.15) is 0 Å². The van der Waals surface area contributed by atoms with Crippen LogP contribution in [-0.4, -0.2) is 45.9 Å². The first kappa shape index (κ1) is 88.9. The van der Waals surface area contributed by atoms with Crippen LogP contribution in [0.4, 0.5) is 0 Å². The van der Waals surface area contributed by atoms with Crippen molar-refractivity contribution in [3.8, 4) is 0 Å². The molecule has 7 rings (SSSR count). The third kappa shape index (κ3) is 49.1. The summed E-state index contributed by atoms with van der Waals surface area (Å²) in [7, 11) is 0. The molecule has 0 aromatic carbocycles. The highest BCUT2D eigenvalue weighted by Crippen LogP contribution is 2.33. The van der Waals surface area contributed by atoms with Gasteiger partial charge in [-0.15, -0.1) is 0 Å². The standard InChI is InChI=1S/C14H26O.C14H24O.C13H22O.C13H20O.C12H20O.2C11H18O/c2*1-3-4-5-6-7-8-13-9-12(2)10-14(15)11-13;2*1-3-4-5-6-7-12-8-11(2)9-13(14)10-12;1-3-4-5-6-11-7-10(2)8-12(13)9-11;2*1-8(2)4-10-5-9(3)6-11(12)7-10/h10,13-15H,3-9,11H2,1-2H3;10,13H,3-9,11H2,1-2H3;9,12H,3-8,10H2,1-2H3;4-5,9,12H,3,6-8,10H2,1-2H3;8,11H,3-7,9H2,1-2H3;2*6,8,10H,4-5,7H2,1-3H3/b;;;5-4-;;;. The molecule has 7 heteroatoms. The number of carbonyl (C=O) groups is 6. The number of aliphatic hydroxyl groups excluding tert-OH is 1. The summed E-state index contributed by atoms with van der Waals surface area (Å²) in [5.41, 5.74) is 9.00. The normalized spacial score (nSPS) is 23.6. The number of unbranched alkanes of at least 4 members (excludes halogenated alkanes) is 13. The molecule has 0 saturated carbocycles. The second-order valence-corrected chi connectivity index (χ2v) is 31.7. The van der Waals surface area contributed by atoms with Crippen molar-refractivity contribution < 1.29 is 33.9 Å². The molecular formula is C88H148O7. The Morgan fingerprint density at radius 3 is 0.874 bits per heavy atom. The highest BCUT2D eigenvalue weighted by Gasteiger charge is 2.24. The second-order valence-electron chi connectivity index (χ2n) is 31.7. The number of ketones is 6. The highest BCUT2D eigenvalue weighted by molar-refractivity contribution is 5.93. The number of hydrogen-bond acceptors (Lipinski definition) is 7. The SMILES string of the molecule is CC/C=C\CCC1CC(=O)C=C(C)C1.CC1=CC(=O)CC(CC(C)C)C1.CC1=CC(=O)CC(CC(C)C)C1.CCCCCC1CC(=O)C=C(C)C1.CCCCCCC1CC(=O)C=C(C)C1.CCCCCCCC1CC(=O)C=C(C)C1.CCCCCCCC1CC(C)=CC(O)C1. The first-order valence-corrected chi connectivity index (χ1v) is 39.5. The third-order valence-electron chi connectivity index (χ3n) is 19.6. The van der Waals surface area contributed by atoms with Crippen LogP contribution in [0, 0.1) is 53.3 Å². The fourth-order valence-corrected chi connectivity index (χ4v) is 15.5. The fourth-order valence-electron chi connectivity index (χ4n) is 15.5. The Morgan fingerprint density at radius 2 is 0.579 bits per heavy atom. The Bertz CT molecular complexity index is 2380. The van der Waals surface area contributed by atoms with Crippen LogP contribution < -0.4 is 0 Å². The Hall–Kier alpha value is -4.10. The van der Waals surface area contributed by atoms with Gasteiger partial charge in [0.25, 0.3) is 0 Å². The summed E-state index contributed by atoms with van der Waals surface area (Å²) in [6, 6.07) is 0. The molecule has 1 N–H and O–H groups in total. The molecule has 0 spiro atoms. The molecule has 8 atom stereocenters. The number of aliphatic hydroxyl groups is 1. The molecule has 0 fully saturated rings. The number of allylic oxidation sites excluding steroid dienone is 15. The van der Waals surface area contributed by atoms with Crippen LogP contribution >= 0.6 is 0 Å². The van der Waals surface area contributed by atoms with Crippen molar-refractivity contribution in [1.82, 2.24) is 0 Å². The molecule has 0 bridgehead atoms. The Balaban J connectivity index is 0.000000555. The van der Waals surface area contributed by atoms with E-state index in [4.69, 9.17) is 0 Å². The molecule has 0 aromatic rings. The van der Waals surface area contributed by atoms with E-state index in [1.807, 2.05) is 24.3 Å². The molecular weight excluding hydrogens is 1170 g/mol. The van der Waals surface area contributed by atoms with Gasteiger partial charge in [0.15, 0.2) is 34.7 Å². The molecule has 95 heavy (non-hydrogen) atoms. The molecule has 7 aliphatic carbocycles. The Morgan fingerprint density at radius 1 is 0.326 bits per heavy atom. The molecule has 0 aromatic heterocycles. The van der Waals surface area contributed by atoms with E-state index >= 15 is 0 Å². The van der Waals surface area contributed by atoms with Gasteiger partial charge in [-0.05, 0) is 241 Å². The minimum absolute atomic E-state index is 0.167. The largest absolute Gasteiger partial charge is 0.389 e. The number of carbonyl (C=O) groups excluding carboxylic acids is 6. The van der Waals surface area contributed by atoms with E-state index < -0.39 is 0 Å². The monoisotopic (exact) mass is 1320 g/mol. The lowest BCUT2D eigenvalue weighted by Crippen LogP contribution is -2.17. The zero-order valence-electron chi connectivity index (χ0n) is 64.7. The van der Waals surface area contributed by atoms with Gasteiger partial charge >= 0.3 is 0 Å². The summed E-state index contributed by atoms with van der Waals surface area (Å²) >= 11 is 0. The summed E-state index contributed by atoms with van der Waals surface area (Å²) in [4.78, 5) is 67.5. The van der Waals surface area contributed by atoms with Crippen molar-refractivity contribution in [2.45, 2.75) is 374 Å². The summed E-state index contributed by atoms with van der Waals surface area (Å²) in [5.74, 6) is 7.91. The molecule has 0 aliphatic heterocycles. The van der Waals surface area contributed by atoms with Crippen LogP contribution in [0.25, 0.3) is 0 Å². The summed E-state index contributed by atoms with van der Waals surface area (Å²) in [6.45, 7) is 34.5. The lowest BCUT2D eigenvalue weighted by atomic mass is 9.83. The number of rotatable bonds is 29. The van der Waals surface area contributed by atoms with Gasteiger partial charge in [-0.3, -0.25) is 28.8 Å². The maximum absolute atomic E-state index is 11.3. The summed E-state index contributed by atoms with van der Waals surface area (Å²) in [5, 5.41) is 9.61. The molecule has 0 saturated heterocycles. The third-order valence-corrected chi connectivity index (χ3v) is 19.6. The van der Waals surface area contributed by atoms with Crippen LogP contribution in [0.5, 0.6) is 0 Å². The van der Waals surface area contributed by atoms with E-state index in [1.54, 1.807) is 18.2 Å². The van der Waals surface area contributed by atoms with Crippen molar-refractivity contribution >= 4 is 34.7 Å². The van der Waals surface area contributed by atoms with Crippen molar-refractivity contribution in [3.63, 3.8) is 0 Å². The molecule has 0 amide bonds. The average molecular weight is 1320 g/mol. The van der Waals surface area contributed by atoms with Crippen molar-refractivity contribution in [1.29, 1.82) is 0 Å².